The maximum atomic E-state index is 11.0. The van der Waals surface area contributed by atoms with Gasteiger partial charge in [-0.25, -0.2) is 9.97 Å². The third-order valence-electron chi connectivity index (χ3n) is 1.61. The van der Waals surface area contributed by atoms with E-state index in [0.717, 1.165) is 4.90 Å². The maximum absolute atomic E-state index is 11.0. The fourth-order valence-corrected chi connectivity index (χ4v) is 1.80. The van der Waals surface area contributed by atoms with Crippen LogP contribution in [-0.4, -0.2) is 15.0 Å². The zero-order valence-electron chi connectivity index (χ0n) is 7.68. The quantitative estimate of drug-likeness (QED) is 0.734. The van der Waals surface area contributed by atoms with Crippen LogP contribution in [0, 0.1) is 0 Å². The Balaban J connectivity index is 2.26. The van der Waals surface area contributed by atoms with Crippen LogP contribution < -0.4 is 11.3 Å². The van der Waals surface area contributed by atoms with Crippen molar-refractivity contribution in [1.29, 1.82) is 0 Å². The number of hydrogen-bond acceptors (Lipinski definition) is 5. The smallest absolute Gasteiger partial charge is 0.251 e. The molecule has 2 rings (SSSR count). The van der Waals surface area contributed by atoms with E-state index in [4.69, 9.17) is 5.73 Å². The third kappa shape index (κ3) is 2.57. The first-order valence-corrected chi connectivity index (χ1v) is 5.00. The first-order valence-electron chi connectivity index (χ1n) is 4.19. The van der Waals surface area contributed by atoms with E-state index in [-0.39, 0.29) is 5.56 Å². The average Bonchev–Trinajstić information content (AvgIpc) is 2.17. The van der Waals surface area contributed by atoms with Gasteiger partial charge in [-0.15, -0.1) is 0 Å². The zero-order valence-corrected chi connectivity index (χ0v) is 8.49. The molecule has 0 spiro atoms. The highest BCUT2D eigenvalue weighted by molar-refractivity contribution is 7.99. The molecule has 0 fully saturated rings. The van der Waals surface area contributed by atoms with Crippen LogP contribution in [0.1, 0.15) is 0 Å². The highest BCUT2D eigenvalue weighted by atomic mass is 32.2. The minimum atomic E-state index is -0.172. The largest absolute Gasteiger partial charge is 0.384 e. The minimum Gasteiger partial charge on any atom is -0.384 e. The summed E-state index contributed by atoms with van der Waals surface area (Å²) in [7, 11) is 0. The van der Waals surface area contributed by atoms with E-state index < -0.39 is 0 Å². The van der Waals surface area contributed by atoms with Gasteiger partial charge in [0.25, 0.3) is 5.56 Å². The van der Waals surface area contributed by atoms with E-state index in [1.165, 1.54) is 24.0 Å². The highest BCUT2D eigenvalue weighted by Gasteiger charge is 1.99. The Kier molecular flexibility index (Phi) is 2.68. The Labute approximate surface area is 89.8 Å². The molecule has 76 valence electrons. The highest BCUT2D eigenvalue weighted by Crippen LogP contribution is 2.23. The van der Waals surface area contributed by atoms with Crippen LogP contribution in [0.25, 0.3) is 0 Å². The van der Waals surface area contributed by atoms with E-state index in [2.05, 4.69) is 15.0 Å². The molecule has 0 amide bonds. The molecular formula is C9H8N4OS. The molecule has 6 heteroatoms. The van der Waals surface area contributed by atoms with Crippen LogP contribution >= 0.6 is 11.8 Å². The lowest BCUT2D eigenvalue weighted by atomic mass is 10.5. The number of rotatable bonds is 2. The molecule has 15 heavy (non-hydrogen) atoms. The predicted octanol–water partition coefficient (Wildman–Crippen LogP) is 0.898. The van der Waals surface area contributed by atoms with Crippen LogP contribution in [0.2, 0.25) is 0 Å². The Morgan fingerprint density at radius 3 is 2.80 bits per heavy atom. The second kappa shape index (κ2) is 4.14. The monoisotopic (exact) mass is 220 g/mol. The van der Waals surface area contributed by atoms with Crippen molar-refractivity contribution in [2.75, 3.05) is 5.73 Å². The maximum Gasteiger partial charge on any atom is 0.251 e. The van der Waals surface area contributed by atoms with Crippen molar-refractivity contribution >= 4 is 17.6 Å². The molecule has 2 aromatic rings. The first-order chi connectivity index (χ1) is 7.24. The van der Waals surface area contributed by atoms with Crippen LogP contribution in [0.15, 0.2) is 45.4 Å². The molecular weight excluding hydrogens is 212 g/mol. The van der Waals surface area contributed by atoms with Crippen molar-refractivity contribution in [2.24, 2.45) is 0 Å². The van der Waals surface area contributed by atoms with Gasteiger partial charge in [0.1, 0.15) is 5.82 Å². The molecule has 0 aromatic carbocycles. The SMILES string of the molecule is Nc1cc(Sc2nccc(=O)[nH]2)ccn1. The molecule has 0 atom stereocenters. The fourth-order valence-electron chi connectivity index (χ4n) is 1.01. The normalized spacial score (nSPS) is 10.1. The summed E-state index contributed by atoms with van der Waals surface area (Å²) in [6, 6.07) is 4.89. The van der Waals surface area contributed by atoms with Crippen LogP contribution in [0.3, 0.4) is 0 Å². The Hall–Kier alpha value is -1.82. The van der Waals surface area contributed by atoms with Gasteiger partial charge in [-0.2, -0.15) is 0 Å². The first kappa shape index (κ1) is 9.72. The molecule has 0 saturated carbocycles. The second-order valence-electron chi connectivity index (χ2n) is 2.76. The number of nitrogens with zero attached hydrogens (tertiary/aromatic N) is 2. The molecule has 0 saturated heterocycles. The van der Waals surface area contributed by atoms with Gasteiger partial charge in [0, 0.05) is 23.4 Å². The Bertz CT molecular complexity index is 525. The topological polar surface area (TPSA) is 84.7 Å². The number of pyridine rings is 1. The van der Waals surface area contributed by atoms with E-state index >= 15 is 0 Å². The Morgan fingerprint density at radius 1 is 1.27 bits per heavy atom. The van der Waals surface area contributed by atoms with E-state index in [9.17, 15) is 4.79 Å². The molecule has 0 radical (unpaired) electrons. The molecule has 0 aliphatic rings. The lowest BCUT2D eigenvalue weighted by Crippen LogP contribution is -2.04. The number of aromatic amines is 1. The van der Waals surface area contributed by atoms with Crippen molar-refractivity contribution in [3.63, 3.8) is 0 Å². The zero-order chi connectivity index (χ0) is 10.7. The lowest BCUT2D eigenvalue weighted by molar-refractivity contribution is 0.936. The Morgan fingerprint density at radius 2 is 2.07 bits per heavy atom. The molecule has 2 heterocycles. The molecule has 0 aliphatic heterocycles. The molecule has 2 aromatic heterocycles. The molecule has 3 N–H and O–H groups in total. The molecule has 5 nitrogen and oxygen atoms in total. The third-order valence-corrected chi connectivity index (χ3v) is 2.51. The number of nitrogens with two attached hydrogens (primary N) is 1. The number of nitrogens with one attached hydrogen (secondary N) is 1. The van der Waals surface area contributed by atoms with E-state index in [1.54, 1.807) is 18.3 Å². The predicted molar refractivity (Wildman–Crippen MR) is 57.6 cm³/mol. The van der Waals surface area contributed by atoms with Gasteiger partial charge in [-0.1, -0.05) is 11.8 Å². The summed E-state index contributed by atoms with van der Waals surface area (Å²) < 4.78 is 0. The summed E-state index contributed by atoms with van der Waals surface area (Å²) in [6.07, 6.45) is 3.07. The lowest BCUT2D eigenvalue weighted by Gasteiger charge is -2.00. The second-order valence-corrected chi connectivity index (χ2v) is 3.82. The van der Waals surface area contributed by atoms with Crippen molar-refractivity contribution in [3.8, 4) is 0 Å². The number of H-pyrrole nitrogens is 1. The van der Waals surface area contributed by atoms with Gasteiger partial charge >= 0.3 is 0 Å². The van der Waals surface area contributed by atoms with Gasteiger partial charge in [0.15, 0.2) is 5.16 Å². The number of nitrogen functional groups attached to an aromatic ring is 1. The number of aromatic nitrogens is 3. The van der Waals surface area contributed by atoms with Gasteiger partial charge in [-0.3, -0.25) is 4.79 Å². The minimum absolute atomic E-state index is 0.172. The van der Waals surface area contributed by atoms with E-state index in [1.807, 2.05) is 0 Å². The van der Waals surface area contributed by atoms with Crippen LogP contribution in [-0.2, 0) is 0 Å². The number of anilines is 1. The molecule has 0 aliphatic carbocycles. The van der Waals surface area contributed by atoms with Crippen molar-refractivity contribution < 1.29 is 0 Å². The molecule has 0 unspecified atom stereocenters. The van der Waals surface area contributed by atoms with E-state index in [0.29, 0.717) is 11.0 Å². The molecule has 0 bridgehead atoms. The summed E-state index contributed by atoms with van der Waals surface area (Å²) in [6.45, 7) is 0. The van der Waals surface area contributed by atoms with Gasteiger partial charge < -0.3 is 10.7 Å². The average molecular weight is 220 g/mol. The number of hydrogen-bond donors (Lipinski definition) is 2. The van der Waals surface area contributed by atoms with Crippen molar-refractivity contribution in [2.45, 2.75) is 10.1 Å². The summed E-state index contributed by atoms with van der Waals surface area (Å²) in [5.41, 5.74) is 5.35. The summed E-state index contributed by atoms with van der Waals surface area (Å²) >= 11 is 1.33. The summed E-state index contributed by atoms with van der Waals surface area (Å²) in [5, 5.41) is 0.535. The standard InChI is InChI=1S/C9H8N4OS/c10-7-5-6(1-3-11-7)15-9-12-4-2-8(14)13-9/h1-5H,(H2,10,11)(H,12,13,14). The summed E-state index contributed by atoms with van der Waals surface area (Å²) in [5.74, 6) is 0.443. The van der Waals surface area contributed by atoms with Gasteiger partial charge in [0.05, 0.1) is 0 Å². The summed E-state index contributed by atoms with van der Waals surface area (Å²) in [4.78, 5) is 22.4. The van der Waals surface area contributed by atoms with Crippen molar-refractivity contribution in [1.82, 2.24) is 15.0 Å². The fraction of sp³-hybridized carbons (Fsp3) is 0. The van der Waals surface area contributed by atoms with Gasteiger partial charge in [-0.05, 0) is 12.1 Å². The van der Waals surface area contributed by atoms with Crippen molar-refractivity contribution in [3.05, 3.63) is 40.9 Å². The van der Waals surface area contributed by atoms with Crippen LogP contribution in [0.4, 0.5) is 5.82 Å². The van der Waals surface area contributed by atoms with Crippen LogP contribution in [0.5, 0.6) is 0 Å². The van der Waals surface area contributed by atoms with Gasteiger partial charge in [0.2, 0.25) is 0 Å².